The first-order valence-corrected chi connectivity index (χ1v) is 9.99. The van der Waals surface area contributed by atoms with E-state index < -0.39 is 10.0 Å². The van der Waals surface area contributed by atoms with Gasteiger partial charge in [0.05, 0.1) is 17.7 Å². The van der Waals surface area contributed by atoms with Crippen LogP contribution in [0.4, 0.5) is 5.69 Å². The second kappa shape index (κ2) is 7.65. The zero-order chi connectivity index (χ0) is 18.7. The van der Waals surface area contributed by atoms with Gasteiger partial charge in [-0.05, 0) is 55.3 Å². The molecule has 0 atom stereocenters. The van der Waals surface area contributed by atoms with Gasteiger partial charge in [0.2, 0.25) is 10.0 Å². The van der Waals surface area contributed by atoms with Crippen LogP contribution in [0.2, 0.25) is 5.02 Å². The first-order valence-electron chi connectivity index (χ1n) is 8.17. The van der Waals surface area contributed by atoms with Crippen molar-refractivity contribution >= 4 is 33.2 Å². The smallest absolute Gasteiger partial charge is 0.255 e. The Morgan fingerprint density at radius 2 is 1.77 bits per heavy atom. The van der Waals surface area contributed by atoms with Crippen LogP contribution in [0.1, 0.15) is 23.2 Å². The molecule has 0 aromatic heterocycles. The molecule has 0 bridgehead atoms. The molecule has 0 saturated carbocycles. The number of rotatable bonds is 5. The highest BCUT2D eigenvalue weighted by molar-refractivity contribution is 7.89. The Morgan fingerprint density at radius 3 is 2.38 bits per heavy atom. The molecule has 1 amide bonds. The fraction of sp³-hybridized carbons (Fsp3) is 0.278. The molecule has 1 aliphatic heterocycles. The summed E-state index contributed by atoms with van der Waals surface area (Å²) in [7, 11) is -2.12. The highest BCUT2D eigenvalue weighted by Gasteiger charge is 2.28. The molecule has 3 rings (SSSR count). The largest absolute Gasteiger partial charge is 0.495 e. The summed E-state index contributed by atoms with van der Waals surface area (Å²) in [5, 5.41) is 3.24. The number of hydrogen-bond acceptors (Lipinski definition) is 4. The highest BCUT2D eigenvalue weighted by Crippen LogP contribution is 2.30. The van der Waals surface area contributed by atoms with Gasteiger partial charge in [-0.2, -0.15) is 4.31 Å². The number of carbonyl (C=O) groups is 1. The number of nitrogens with one attached hydrogen (secondary N) is 1. The maximum atomic E-state index is 12.7. The van der Waals surface area contributed by atoms with E-state index in [1.165, 1.54) is 23.5 Å². The van der Waals surface area contributed by atoms with Crippen LogP contribution >= 0.6 is 11.6 Å². The fourth-order valence-electron chi connectivity index (χ4n) is 2.82. The Kier molecular flexibility index (Phi) is 5.50. The third-order valence-electron chi connectivity index (χ3n) is 4.23. The molecule has 0 aliphatic carbocycles. The minimum atomic E-state index is -3.58. The summed E-state index contributed by atoms with van der Waals surface area (Å²) in [6.45, 7) is 1.03. The summed E-state index contributed by atoms with van der Waals surface area (Å²) in [6.07, 6.45) is 1.71. The number of hydrogen-bond donors (Lipinski definition) is 1. The topological polar surface area (TPSA) is 75.7 Å². The second-order valence-electron chi connectivity index (χ2n) is 5.93. The molecular weight excluding hydrogens is 376 g/mol. The number of anilines is 1. The van der Waals surface area contributed by atoms with Crippen molar-refractivity contribution in [3.63, 3.8) is 0 Å². The third kappa shape index (κ3) is 3.85. The summed E-state index contributed by atoms with van der Waals surface area (Å²) in [4.78, 5) is 12.6. The van der Waals surface area contributed by atoms with Crippen LogP contribution in [0, 0.1) is 0 Å². The van der Waals surface area contributed by atoms with Crippen LogP contribution < -0.4 is 10.1 Å². The van der Waals surface area contributed by atoms with E-state index in [-0.39, 0.29) is 10.8 Å². The van der Waals surface area contributed by atoms with Gasteiger partial charge in [-0.1, -0.05) is 11.6 Å². The van der Waals surface area contributed by atoms with Crippen LogP contribution in [0.5, 0.6) is 5.75 Å². The Bertz CT molecular complexity index is 907. The van der Waals surface area contributed by atoms with Crippen molar-refractivity contribution in [2.75, 3.05) is 25.5 Å². The summed E-state index contributed by atoms with van der Waals surface area (Å²) >= 11 is 5.83. The molecule has 0 spiro atoms. The predicted molar refractivity (Wildman–Crippen MR) is 100 cm³/mol. The Labute approximate surface area is 157 Å². The molecule has 138 valence electrons. The molecule has 1 N–H and O–H groups in total. The molecule has 2 aromatic rings. The van der Waals surface area contributed by atoms with E-state index in [0.29, 0.717) is 35.1 Å². The zero-order valence-corrected chi connectivity index (χ0v) is 15.8. The Hall–Kier alpha value is -2.09. The molecule has 2 aromatic carbocycles. The van der Waals surface area contributed by atoms with Crippen molar-refractivity contribution in [2.45, 2.75) is 17.7 Å². The van der Waals surface area contributed by atoms with Gasteiger partial charge in [-0.25, -0.2) is 8.42 Å². The van der Waals surface area contributed by atoms with E-state index >= 15 is 0 Å². The van der Waals surface area contributed by atoms with Gasteiger partial charge >= 0.3 is 0 Å². The van der Waals surface area contributed by atoms with Crippen molar-refractivity contribution in [3.05, 3.63) is 53.1 Å². The quantitative estimate of drug-likeness (QED) is 0.843. The minimum Gasteiger partial charge on any atom is -0.495 e. The Balaban J connectivity index is 1.90. The van der Waals surface area contributed by atoms with E-state index in [1.807, 2.05) is 0 Å². The molecule has 1 heterocycles. The van der Waals surface area contributed by atoms with Gasteiger partial charge in [0.25, 0.3) is 5.91 Å². The first kappa shape index (κ1) is 18.7. The molecule has 8 heteroatoms. The van der Waals surface area contributed by atoms with Crippen LogP contribution in [0.3, 0.4) is 0 Å². The molecule has 0 radical (unpaired) electrons. The third-order valence-corrected chi connectivity index (χ3v) is 6.37. The summed E-state index contributed by atoms with van der Waals surface area (Å²) < 4.78 is 32.2. The minimum absolute atomic E-state index is 0.131. The van der Waals surface area contributed by atoms with Crippen molar-refractivity contribution < 1.29 is 17.9 Å². The average Bonchev–Trinajstić information content (AvgIpc) is 3.17. The lowest BCUT2D eigenvalue weighted by Gasteiger charge is -2.17. The molecule has 1 fully saturated rings. The van der Waals surface area contributed by atoms with Gasteiger partial charge in [0.1, 0.15) is 5.75 Å². The number of halogens is 1. The van der Waals surface area contributed by atoms with Crippen molar-refractivity contribution in [1.29, 1.82) is 0 Å². The molecule has 1 aliphatic rings. The summed E-state index contributed by atoms with van der Waals surface area (Å²) in [6, 6.07) is 10.9. The van der Waals surface area contributed by atoms with Gasteiger partial charge in [-0.3, -0.25) is 4.79 Å². The van der Waals surface area contributed by atoms with Crippen LogP contribution in [0.15, 0.2) is 47.4 Å². The van der Waals surface area contributed by atoms with Gasteiger partial charge in [-0.15, -0.1) is 0 Å². The predicted octanol–water partition coefficient (Wildman–Crippen LogP) is 3.39. The zero-order valence-electron chi connectivity index (χ0n) is 14.2. The van der Waals surface area contributed by atoms with Gasteiger partial charge in [0, 0.05) is 23.7 Å². The monoisotopic (exact) mass is 394 g/mol. The van der Waals surface area contributed by atoms with E-state index in [1.54, 1.807) is 30.3 Å². The van der Waals surface area contributed by atoms with Crippen molar-refractivity contribution in [1.82, 2.24) is 4.31 Å². The summed E-state index contributed by atoms with van der Waals surface area (Å²) in [5.74, 6) is 0.00312. The van der Waals surface area contributed by atoms with Gasteiger partial charge in [0.15, 0.2) is 0 Å². The molecule has 6 nitrogen and oxygen atoms in total. The molecule has 1 saturated heterocycles. The van der Waals surface area contributed by atoms with E-state index in [0.717, 1.165) is 12.8 Å². The molecular formula is C18H19ClN2O4S. The lowest BCUT2D eigenvalue weighted by Crippen LogP contribution is -2.28. The number of nitrogens with zero attached hydrogens (tertiary/aromatic N) is 1. The number of methoxy groups -OCH3 is 1. The van der Waals surface area contributed by atoms with Crippen molar-refractivity contribution in [2.24, 2.45) is 0 Å². The van der Waals surface area contributed by atoms with E-state index in [9.17, 15) is 13.2 Å². The normalized spacial score (nSPS) is 15.0. The standard InChI is InChI=1S/C18H19ClN2O4S/c1-25-17-9-8-15(26(23,24)21-10-2-3-11-21)12-16(17)20-18(22)13-4-6-14(19)7-5-13/h4-9,12H,2-3,10-11H2,1H3,(H,20,22). The number of amides is 1. The fourth-order valence-corrected chi connectivity index (χ4v) is 4.49. The molecule has 0 unspecified atom stereocenters. The van der Waals surface area contributed by atoms with E-state index in [2.05, 4.69) is 5.32 Å². The van der Waals surface area contributed by atoms with Crippen LogP contribution in [0.25, 0.3) is 0 Å². The van der Waals surface area contributed by atoms with Crippen molar-refractivity contribution in [3.8, 4) is 5.75 Å². The van der Waals surface area contributed by atoms with Crippen LogP contribution in [-0.4, -0.2) is 38.8 Å². The highest BCUT2D eigenvalue weighted by atomic mass is 35.5. The lowest BCUT2D eigenvalue weighted by molar-refractivity contribution is 0.102. The summed E-state index contributed by atoms with van der Waals surface area (Å²) in [5.41, 5.74) is 0.706. The first-order chi connectivity index (χ1) is 12.4. The second-order valence-corrected chi connectivity index (χ2v) is 8.31. The maximum Gasteiger partial charge on any atom is 0.255 e. The lowest BCUT2D eigenvalue weighted by atomic mass is 10.2. The van der Waals surface area contributed by atoms with E-state index in [4.69, 9.17) is 16.3 Å². The van der Waals surface area contributed by atoms with Crippen LogP contribution in [-0.2, 0) is 10.0 Å². The Morgan fingerprint density at radius 1 is 1.12 bits per heavy atom. The average molecular weight is 395 g/mol. The van der Waals surface area contributed by atoms with Gasteiger partial charge < -0.3 is 10.1 Å². The number of carbonyl (C=O) groups excluding carboxylic acids is 1. The SMILES string of the molecule is COc1ccc(S(=O)(=O)N2CCCC2)cc1NC(=O)c1ccc(Cl)cc1. The maximum absolute atomic E-state index is 12.7. The number of ether oxygens (including phenoxy) is 1. The number of sulfonamides is 1. The molecule has 26 heavy (non-hydrogen) atoms. The number of benzene rings is 2.